The zero-order valence-electron chi connectivity index (χ0n) is 8.52. The van der Waals surface area contributed by atoms with E-state index in [1.165, 1.54) is 4.88 Å². The summed E-state index contributed by atoms with van der Waals surface area (Å²) in [5.74, 6) is 0. The van der Waals surface area contributed by atoms with Crippen LogP contribution in [0.3, 0.4) is 0 Å². The van der Waals surface area contributed by atoms with Crippen molar-refractivity contribution in [1.29, 1.82) is 0 Å². The Labute approximate surface area is 91.8 Å². The lowest BCUT2D eigenvalue weighted by atomic mass is 10.2. The largest absolute Gasteiger partial charge is 0.298 e. The van der Waals surface area contributed by atoms with E-state index >= 15 is 0 Å². The lowest BCUT2D eigenvalue weighted by molar-refractivity contribution is 0.112. The molecule has 0 spiro atoms. The first-order chi connectivity index (χ1) is 7.20. The number of carbonyl (C=O) groups excluding carboxylic acids is 1. The van der Waals surface area contributed by atoms with Gasteiger partial charge in [-0.05, 0) is 19.9 Å². The van der Waals surface area contributed by atoms with Crippen molar-refractivity contribution < 1.29 is 4.79 Å². The van der Waals surface area contributed by atoms with Gasteiger partial charge in [0.2, 0.25) is 0 Å². The zero-order valence-corrected chi connectivity index (χ0v) is 9.34. The van der Waals surface area contributed by atoms with Gasteiger partial charge in [0.05, 0.1) is 5.69 Å². The maximum atomic E-state index is 10.6. The van der Waals surface area contributed by atoms with Gasteiger partial charge in [-0.3, -0.25) is 9.78 Å². The molecule has 0 amide bonds. The van der Waals surface area contributed by atoms with Gasteiger partial charge in [0, 0.05) is 28.4 Å². The van der Waals surface area contributed by atoms with Gasteiger partial charge in [0.1, 0.15) is 5.01 Å². The first-order valence-electron chi connectivity index (χ1n) is 4.55. The molecule has 76 valence electrons. The van der Waals surface area contributed by atoms with E-state index < -0.39 is 0 Å². The van der Waals surface area contributed by atoms with Crippen LogP contribution in [0.1, 0.15) is 20.9 Å². The Morgan fingerprint density at radius 3 is 2.73 bits per heavy atom. The van der Waals surface area contributed by atoms with Crippen LogP contribution in [-0.2, 0) is 0 Å². The minimum absolute atomic E-state index is 0.581. The minimum atomic E-state index is 0.581. The van der Waals surface area contributed by atoms with Gasteiger partial charge < -0.3 is 0 Å². The molecule has 2 aromatic heterocycles. The van der Waals surface area contributed by atoms with E-state index in [0.717, 1.165) is 22.6 Å². The molecule has 0 aliphatic carbocycles. The first kappa shape index (κ1) is 9.98. The number of aromatic nitrogens is 2. The van der Waals surface area contributed by atoms with E-state index in [0.29, 0.717) is 5.56 Å². The lowest BCUT2D eigenvalue weighted by Gasteiger charge is -1.95. The number of hydrogen-bond acceptors (Lipinski definition) is 4. The van der Waals surface area contributed by atoms with E-state index in [2.05, 4.69) is 9.97 Å². The predicted octanol–water partition coefficient (Wildman–Crippen LogP) is 2.63. The van der Waals surface area contributed by atoms with Crippen LogP contribution in [0.15, 0.2) is 18.5 Å². The number of thiazole rings is 1. The van der Waals surface area contributed by atoms with Crippen molar-refractivity contribution in [3.63, 3.8) is 0 Å². The fourth-order valence-corrected chi connectivity index (χ4v) is 2.13. The normalized spacial score (nSPS) is 10.3. The molecule has 0 aromatic carbocycles. The Hall–Kier alpha value is -1.55. The molecule has 0 aliphatic rings. The molecule has 0 bridgehead atoms. The van der Waals surface area contributed by atoms with Crippen LogP contribution in [0.4, 0.5) is 0 Å². The maximum Gasteiger partial charge on any atom is 0.151 e. The molecular formula is C11H10N2OS. The van der Waals surface area contributed by atoms with Gasteiger partial charge in [-0.1, -0.05) is 0 Å². The van der Waals surface area contributed by atoms with Crippen LogP contribution >= 0.6 is 11.3 Å². The van der Waals surface area contributed by atoms with E-state index in [9.17, 15) is 4.79 Å². The standard InChI is InChI=1S/C11H10N2OS/c1-7-8(2)15-11(13-7)10-3-9(6-14)4-12-5-10/h3-6H,1-2H3. The fourth-order valence-electron chi connectivity index (χ4n) is 1.24. The minimum Gasteiger partial charge on any atom is -0.298 e. The summed E-state index contributed by atoms with van der Waals surface area (Å²) in [6.45, 7) is 4.01. The summed E-state index contributed by atoms with van der Waals surface area (Å²) >= 11 is 1.62. The molecule has 0 atom stereocenters. The SMILES string of the molecule is Cc1nc(-c2cncc(C=O)c2)sc1C. The third kappa shape index (κ3) is 1.94. The second-order valence-electron chi connectivity index (χ2n) is 3.29. The van der Waals surface area contributed by atoms with Gasteiger partial charge in [0.25, 0.3) is 0 Å². The highest BCUT2D eigenvalue weighted by atomic mass is 32.1. The van der Waals surface area contributed by atoms with Crippen molar-refractivity contribution in [1.82, 2.24) is 9.97 Å². The van der Waals surface area contributed by atoms with E-state index in [4.69, 9.17) is 0 Å². The molecule has 2 rings (SSSR count). The molecule has 0 saturated carbocycles. The molecular weight excluding hydrogens is 208 g/mol. The number of aldehydes is 1. The van der Waals surface area contributed by atoms with E-state index in [1.807, 2.05) is 13.8 Å². The van der Waals surface area contributed by atoms with E-state index in [1.54, 1.807) is 29.8 Å². The fraction of sp³-hybridized carbons (Fsp3) is 0.182. The number of rotatable bonds is 2. The Balaban J connectivity index is 2.48. The molecule has 15 heavy (non-hydrogen) atoms. The third-order valence-corrected chi connectivity index (χ3v) is 3.29. The number of pyridine rings is 1. The highest BCUT2D eigenvalue weighted by Gasteiger charge is 2.06. The van der Waals surface area contributed by atoms with Crippen molar-refractivity contribution in [2.45, 2.75) is 13.8 Å². The first-order valence-corrected chi connectivity index (χ1v) is 5.37. The van der Waals surface area contributed by atoms with Crippen molar-refractivity contribution in [3.8, 4) is 10.6 Å². The Morgan fingerprint density at radius 1 is 1.33 bits per heavy atom. The second-order valence-corrected chi connectivity index (χ2v) is 4.49. The Bertz CT molecular complexity index is 486. The Morgan fingerprint density at radius 2 is 2.13 bits per heavy atom. The average molecular weight is 218 g/mol. The summed E-state index contributed by atoms with van der Waals surface area (Å²) in [5.41, 5.74) is 2.52. The average Bonchev–Trinajstić information content (AvgIpc) is 2.59. The topological polar surface area (TPSA) is 42.9 Å². The number of hydrogen-bond donors (Lipinski definition) is 0. The smallest absolute Gasteiger partial charge is 0.151 e. The van der Waals surface area contributed by atoms with Crippen LogP contribution in [0.5, 0.6) is 0 Å². The highest BCUT2D eigenvalue weighted by Crippen LogP contribution is 2.26. The van der Waals surface area contributed by atoms with Crippen LogP contribution < -0.4 is 0 Å². The number of carbonyl (C=O) groups is 1. The van der Waals surface area contributed by atoms with Crippen LogP contribution in [-0.4, -0.2) is 16.3 Å². The van der Waals surface area contributed by atoms with Crippen molar-refractivity contribution in [3.05, 3.63) is 34.6 Å². The van der Waals surface area contributed by atoms with Gasteiger partial charge >= 0.3 is 0 Å². The molecule has 4 heteroatoms. The number of aryl methyl sites for hydroxylation is 2. The monoisotopic (exact) mass is 218 g/mol. The summed E-state index contributed by atoms with van der Waals surface area (Å²) < 4.78 is 0. The summed E-state index contributed by atoms with van der Waals surface area (Å²) in [6.07, 6.45) is 4.07. The summed E-state index contributed by atoms with van der Waals surface area (Å²) in [4.78, 5) is 20.2. The van der Waals surface area contributed by atoms with Crippen LogP contribution in [0.2, 0.25) is 0 Å². The van der Waals surface area contributed by atoms with Crippen LogP contribution in [0, 0.1) is 13.8 Å². The molecule has 0 radical (unpaired) electrons. The van der Waals surface area contributed by atoms with Gasteiger partial charge in [-0.25, -0.2) is 4.98 Å². The maximum absolute atomic E-state index is 10.6. The molecule has 3 nitrogen and oxygen atoms in total. The molecule has 2 aromatic rings. The lowest BCUT2D eigenvalue weighted by Crippen LogP contribution is -1.85. The molecule has 0 saturated heterocycles. The van der Waals surface area contributed by atoms with Gasteiger partial charge in [0.15, 0.2) is 6.29 Å². The molecule has 0 fully saturated rings. The zero-order chi connectivity index (χ0) is 10.8. The summed E-state index contributed by atoms with van der Waals surface area (Å²) in [6, 6.07) is 1.80. The highest BCUT2D eigenvalue weighted by molar-refractivity contribution is 7.15. The molecule has 2 heterocycles. The van der Waals surface area contributed by atoms with Gasteiger partial charge in [-0.15, -0.1) is 11.3 Å². The Kier molecular flexibility index (Phi) is 2.60. The molecule has 0 aliphatic heterocycles. The summed E-state index contributed by atoms with van der Waals surface area (Å²) in [5, 5.41) is 0.918. The van der Waals surface area contributed by atoms with Crippen molar-refractivity contribution >= 4 is 17.6 Å². The second kappa shape index (κ2) is 3.90. The molecule has 0 unspecified atom stereocenters. The van der Waals surface area contributed by atoms with Gasteiger partial charge in [-0.2, -0.15) is 0 Å². The van der Waals surface area contributed by atoms with Crippen molar-refractivity contribution in [2.75, 3.05) is 0 Å². The van der Waals surface area contributed by atoms with Crippen molar-refractivity contribution in [2.24, 2.45) is 0 Å². The van der Waals surface area contributed by atoms with E-state index in [-0.39, 0.29) is 0 Å². The molecule has 0 N–H and O–H groups in total. The van der Waals surface area contributed by atoms with Crippen LogP contribution in [0.25, 0.3) is 10.6 Å². The number of nitrogens with zero attached hydrogens (tertiary/aromatic N) is 2. The quantitative estimate of drug-likeness (QED) is 0.728. The summed E-state index contributed by atoms with van der Waals surface area (Å²) in [7, 11) is 0. The third-order valence-electron chi connectivity index (χ3n) is 2.17. The predicted molar refractivity (Wildman–Crippen MR) is 60.2 cm³/mol.